The van der Waals surface area contributed by atoms with Crippen LogP contribution >= 0.6 is 0 Å². The summed E-state index contributed by atoms with van der Waals surface area (Å²) in [4.78, 5) is 12.6. The summed E-state index contributed by atoms with van der Waals surface area (Å²) in [7, 11) is -2.19. The SMILES string of the molecule is COc1ccccc1CNC(=O)[C@@H]1CCCN(S(=O)(=O)c2ccc(F)cc2)C1. The fraction of sp³-hybridized carbons (Fsp3) is 0.350. The van der Waals surface area contributed by atoms with Crippen molar-refractivity contribution < 1.29 is 22.3 Å². The zero-order valence-electron chi connectivity index (χ0n) is 15.6. The summed E-state index contributed by atoms with van der Waals surface area (Å²) in [5, 5.41) is 2.87. The molecule has 2 aromatic carbocycles. The van der Waals surface area contributed by atoms with Crippen LogP contribution in [0.15, 0.2) is 53.4 Å². The smallest absolute Gasteiger partial charge is 0.243 e. The number of hydrogen-bond acceptors (Lipinski definition) is 4. The van der Waals surface area contributed by atoms with E-state index in [1.165, 1.54) is 16.4 Å². The van der Waals surface area contributed by atoms with E-state index in [1.807, 2.05) is 24.3 Å². The van der Waals surface area contributed by atoms with Crippen LogP contribution in [0.4, 0.5) is 4.39 Å². The molecule has 0 radical (unpaired) electrons. The lowest BCUT2D eigenvalue weighted by Crippen LogP contribution is -2.45. The van der Waals surface area contributed by atoms with Crippen LogP contribution in [-0.4, -0.2) is 38.8 Å². The van der Waals surface area contributed by atoms with Crippen molar-refractivity contribution in [2.45, 2.75) is 24.3 Å². The Labute approximate surface area is 164 Å². The molecule has 0 aromatic heterocycles. The van der Waals surface area contributed by atoms with Crippen molar-refractivity contribution in [3.05, 3.63) is 59.9 Å². The maximum atomic E-state index is 13.1. The second kappa shape index (κ2) is 8.70. The third kappa shape index (κ3) is 4.51. The Morgan fingerprint density at radius 3 is 2.64 bits per heavy atom. The summed E-state index contributed by atoms with van der Waals surface area (Å²) < 4.78 is 45.2. The molecular formula is C20H23FN2O4S. The molecule has 1 aliphatic rings. The fourth-order valence-corrected chi connectivity index (χ4v) is 4.83. The van der Waals surface area contributed by atoms with E-state index in [1.54, 1.807) is 7.11 Å². The summed E-state index contributed by atoms with van der Waals surface area (Å²) in [6.07, 6.45) is 1.21. The van der Waals surface area contributed by atoms with Crippen LogP contribution in [-0.2, 0) is 21.4 Å². The molecule has 150 valence electrons. The molecule has 1 fully saturated rings. The third-order valence-electron chi connectivity index (χ3n) is 4.85. The van der Waals surface area contributed by atoms with Gasteiger partial charge in [0.2, 0.25) is 15.9 Å². The molecule has 0 saturated carbocycles. The first-order chi connectivity index (χ1) is 13.4. The van der Waals surface area contributed by atoms with E-state index in [4.69, 9.17) is 4.74 Å². The number of piperidine rings is 1. The van der Waals surface area contributed by atoms with Crippen LogP contribution in [0.25, 0.3) is 0 Å². The molecular weight excluding hydrogens is 383 g/mol. The van der Waals surface area contributed by atoms with E-state index >= 15 is 0 Å². The van der Waals surface area contributed by atoms with Crippen molar-refractivity contribution in [3.8, 4) is 5.75 Å². The zero-order valence-corrected chi connectivity index (χ0v) is 16.4. The second-order valence-corrected chi connectivity index (χ2v) is 8.62. The van der Waals surface area contributed by atoms with Gasteiger partial charge in [0.05, 0.1) is 17.9 Å². The van der Waals surface area contributed by atoms with Gasteiger partial charge in [-0.05, 0) is 43.2 Å². The van der Waals surface area contributed by atoms with Crippen LogP contribution in [0, 0.1) is 11.7 Å². The minimum atomic E-state index is -3.76. The number of nitrogens with one attached hydrogen (secondary N) is 1. The van der Waals surface area contributed by atoms with Crippen molar-refractivity contribution in [3.63, 3.8) is 0 Å². The first-order valence-corrected chi connectivity index (χ1v) is 10.5. The van der Waals surface area contributed by atoms with Gasteiger partial charge in [-0.15, -0.1) is 0 Å². The first-order valence-electron chi connectivity index (χ1n) is 9.07. The molecule has 28 heavy (non-hydrogen) atoms. The Hall–Kier alpha value is -2.45. The van der Waals surface area contributed by atoms with Gasteiger partial charge in [0, 0.05) is 25.2 Å². The standard InChI is InChI=1S/C20H23FN2O4S/c1-27-19-7-3-2-5-15(19)13-22-20(24)16-6-4-12-23(14-16)28(25,26)18-10-8-17(21)9-11-18/h2-3,5,7-11,16H,4,6,12-14H2,1H3,(H,22,24)/t16-/m1/s1. The van der Waals surface area contributed by atoms with Gasteiger partial charge in [-0.3, -0.25) is 4.79 Å². The van der Waals surface area contributed by atoms with Gasteiger partial charge < -0.3 is 10.1 Å². The number of para-hydroxylation sites is 1. The van der Waals surface area contributed by atoms with Gasteiger partial charge in [-0.1, -0.05) is 18.2 Å². The highest BCUT2D eigenvalue weighted by molar-refractivity contribution is 7.89. The summed E-state index contributed by atoms with van der Waals surface area (Å²) in [5.74, 6) is -0.429. The largest absolute Gasteiger partial charge is 0.496 e. The summed E-state index contributed by atoms with van der Waals surface area (Å²) >= 11 is 0. The number of carbonyl (C=O) groups excluding carboxylic acids is 1. The molecule has 1 saturated heterocycles. The molecule has 2 aromatic rings. The van der Waals surface area contributed by atoms with Gasteiger partial charge in [0.25, 0.3) is 0 Å². The van der Waals surface area contributed by atoms with E-state index in [9.17, 15) is 17.6 Å². The first kappa shape index (κ1) is 20.3. The number of carbonyl (C=O) groups is 1. The lowest BCUT2D eigenvalue weighted by molar-refractivity contribution is -0.126. The van der Waals surface area contributed by atoms with Crippen molar-refractivity contribution >= 4 is 15.9 Å². The van der Waals surface area contributed by atoms with Crippen LogP contribution < -0.4 is 10.1 Å². The lowest BCUT2D eigenvalue weighted by Gasteiger charge is -2.31. The quantitative estimate of drug-likeness (QED) is 0.800. The number of nitrogens with zero attached hydrogens (tertiary/aromatic N) is 1. The van der Waals surface area contributed by atoms with E-state index in [-0.39, 0.29) is 17.3 Å². The second-order valence-electron chi connectivity index (χ2n) is 6.69. The topological polar surface area (TPSA) is 75.7 Å². The highest BCUT2D eigenvalue weighted by atomic mass is 32.2. The number of benzene rings is 2. The minimum absolute atomic E-state index is 0.0315. The Morgan fingerprint density at radius 2 is 1.93 bits per heavy atom. The highest BCUT2D eigenvalue weighted by Gasteiger charge is 2.33. The normalized spacial score (nSPS) is 17.9. The summed E-state index contributed by atoms with van der Waals surface area (Å²) in [6.45, 7) is 0.761. The van der Waals surface area contributed by atoms with Gasteiger partial charge in [0.1, 0.15) is 11.6 Å². The maximum absolute atomic E-state index is 13.1. The van der Waals surface area contributed by atoms with E-state index in [0.717, 1.165) is 17.7 Å². The van der Waals surface area contributed by atoms with Gasteiger partial charge >= 0.3 is 0 Å². The molecule has 6 nitrogen and oxygen atoms in total. The molecule has 1 amide bonds. The Balaban J connectivity index is 1.65. The predicted octanol–water partition coefficient (Wildman–Crippen LogP) is 2.55. The molecule has 3 rings (SSSR count). The Bertz CT molecular complexity index is 931. The Morgan fingerprint density at radius 1 is 1.21 bits per heavy atom. The zero-order chi connectivity index (χ0) is 20.1. The number of methoxy groups -OCH3 is 1. The average Bonchev–Trinajstić information content (AvgIpc) is 2.72. The van der Waals surface area contributed by atoms with Crippen molar-refractivity contribution in [1.29, 1.82) is 0 Å². The molecule has 1 atom stereocenters. The third-order valence-corrected chi connectivity index (χ3v) is 6.73. The van der Waals surface area contributed by atoms with Gasteiger partial charge in [-0.25, -0.2) is 12.8 Å². The van der Waals surface area contributed by atoms with E-state index < -0.39 is 21.8 Å². The maximum Gasteiger partial charge on any atom is 0.243 e. The number of sulfonamides is 1. The number of amides is 1. The van der Waals surface area contributed by atoms with Crippen molar-refractivity contribution in [2.75, 3.05) is 20.2 Å². The monoisotopic (exact) mass is 406 g/mol. The van der Waals surface area contributed by atoms with E-state index in [2.05, 4.69) is 5.32 Å². The highest BCUT2D eigenvalue weighted by Crippen LogP contribution is 2.24. The molecule has 0 spiro atoms. The molecule has 1 heterocycles. The molecule has 0 unspecified atom stereocenters. The van der Waals surface area contributed by atoms with Crippen molar-refractivity contribution in [1.82, 2.24) is 9.62 Å². The summed E-state index contributed by atoms with van der Waals surface area (Å²) in [6, 6.07) is 12.1. The van der Waals surface area contributed by atoms with Crippen LogP contribution in [0.5, 0.6) is 5.75 Å². The lowest BCUT2D eigenvalue weighted by atomic mass is 9.98. The summed E-state index contributed by atoms with van der Waals surface area (Å²) in [5.41, 5.74) is 0.852. The molecule has 0 aliphatic carbocycles. The molecule has 0 bridgehead atoms. The predicted molar refractivity (Wildman–Crippen MR) is 103 cm³/mol. The van der Waals surface area contributed by atoms with Crippen LogP contribution in [0.1, 0.15) is 18.4 Å². The van der Waals surface area contributed by atoms with Crippen LogP contribution in [0.2, 0.25) is 0 Å². The molecule has 1 aliphatic heterocycles. The molecule has 1 N–H and O–H groups in total. The fourth-order valence-electron chi connectivity index (χ4n) is 3.31. The number of rotatable bonds is 6. The van der Waals surface area contributed by atoms with Crippen LogP contribution in [0.3, 0.4) is 0 Å². The molecule has 8 heteroatoms. The average molecular weight is 406 g/mol. The van der Waals surface area contributed by atoms with Crippen molar-refractivity contribution in [2.24, 2.45) is 5.92 Å². The van der Waals surface area contributed by atoms with Gasteiger partial charge in [-0.2, -0.15) is 4.31 Å². The Kier molecular flexibility index (Phi) is 6.31. The minimum Gasteiger partial charge on any atom is -0.496 e. The number of halogens is 1. The van der Waals surface area contributed by atoms with E-state index in [0.29, 0.717) is 31.7 Å². The number of ether oxygens (including phenoxy) is 1. The number of hydrogen-bond donors (Lipinski definition) is 1. The van der Waals surface area contributed by atoms with Gasteiger partial charge in [0.15, 0.2) is 0 Å².